The number of hydrogen-bond acceptors (Lipinski definition) is 6. The number of likely N-dealkylation sites (tertiary alicyclic amines) is 1. The average Bonchev–Trinajstić information content (AvgIpc) is 3.03. The van der Waals surface area contributed by atoms with E-state index in [2.05, 4.69) is 38.3 Å². The first kappa shape index (κ1) is 19.9. The second-order valence-corrected chi connectivity index (χ2v) is 7.29. The Morgan fingerprint density at radius 2 is 2.22 bits per heavy atom. The van der Waals surface area contributed by atoms with Crippen LogP contribution in [0.3, 0.4) is 0 Å². The predicted molar refractivity (Wildman–Crippen MR) is 105 cm³/mol. The molecule has 1 aromatic heterocycles. The Bertz CT molecular complexity index is 692. The van der Waals surface area contributed by atoms with Crippen molar-refractivity contribution in [3.8, 4) is 0 Å². The summed E-state index contributed by atoms with van der Waals surface area (Å²) in [7, 11) is 0. The van der Waals surface area contributed by atoms with Gasteiger partial charge in [-0.3, -0.25) is 19.6 Å². The summed E-state index contributed by atoms with van der Waals surface area (Å²) in [5, 5.41) is 4.51. The molecule has 1 fully saturated rings. The lowest BCUT2D eigenvalue weighted by Crippen LogP contribution is -2.42. The summed E-state index contributed by atoms with van der Waals surface area (Å²) >= 11 is 0. The van der Waals surface area contributed by atoms with Gasteiger partial charge in [0.15, 0.2) is 5.83 Å². The van der Waals surface area contributed by atoms with E-state index in [0.717, 1.165) is 45.0 Å². The van der Waals surface area contributed by atoms with Crippen molar-refractivity contribution < 1.29 is 9.13 Å². The van der Waals surface area contributed by atoms with E-state index in [0.29, 0.717) is 13.3 Å². The van der Waals surface area contributed by atoms with E-state index in [9.17, 15) is 4.39 Å². The number of nitrogens with two attached hydrogens (primary N) is 1. The van der Waals surface area contributed by atoms with E-state index in [1.54, 1.807) is 0 Å². The van der Waals surface area contributed by atoms with Crippen molar-refractivity contribution in [2.45, 2.75) is 50.8 Å². The molecule has 2 unspecified atom stereocenters. The Hall–Kier alpha value is -1.90. The zero-order valence-corrected chi connectivity index (χ0v) is 15.9. The minimum absolute atomic E-state index is 0.0826. The van der Waals surface area contributed by atoms with Crippen LogP contribution in [0.4, 0.5) is 4.39 Å². The number of ether oxygens (including phenoxy) is 1. The number of nitrogens with zero attached hydrogens (tertiary/aromatic N) is 5. The zero-order valence-electron chi connectivity index (χ0n) is 15.9. The zero-order chi connectivity index (χ0) is 19.2. The summed E-state index contributed by atoms with van der Waals surface area (Å²) < 4.78 is 21.4. The molecule has 0 saturated carbocycles. The van der Waals surface area contributed by atoms with E-state index in [4.69, 9.17) is 10.5 Å². The molecule has 2 N–H and O–H groups in total. The van der Waals surface area contributed by atoms with Gasteiger partial charge in [-0.15, -0.1) is 0 Å². The maximum absolute atomic E-state index is 13.2. The van der Waals surface area contributed by atoms with Gasteiger partial charge in [-0.05, 0) is 44.9 Å². The van der Waals surface area contributed by atoms with Crippen LogP contribution in [0, 0.1) is 6.92 Å². The lowest BCUT2D eigenvalue weighted by Gasteiger charge is -2.34. The van der Waals surface area contributed by atoms with Crippen LogP contribution in [0.2, 0.25) is 0 Å². The quantitative estimate of drug-likeness (QED) is 0.739. The first-order valence-electron chi connectivity index (χ1n) is 9.52. The molecule has 1 aromatic rings. The molecular formula is C19H29FN6O. The highest BCUT2D eigenvalue weighted by molar-refractivity contribution is 5.75. The predicted octanol–water partition coefficient (Wildman–Crippen LogP) is 2.03. The fraction of sp³-hybridized carbons (Fsp3) is 0.632. The molecule has 2 aliphatic heterocycles. The van der Waals surface area contributed by atoms with Crippen LogP contribution in [-0.2, 0) is 11.2 Å². The van der Waals surface area contributed by atoms with Crippen molar-refractivity contribution in [3.63, 3.8) is 0 Å². The van der Waals surface area contributed by atoms with Gasteiger partial charge in [-0.2, -0.15) is 5.10 Å². The molecule has 8 heteroatoms. The first-order valence-corrected chi connectivity index (χ1v) is 9.52. The van der Waals surface area contributed by atoms with Crippen LogP contribution >= 0.6 is 0 Å². The van der Waals surface area contributed by atoms with E-state index < -0.39 is 5.83 Å². The maximum atomic E-state index is 13.2. The highest BCUT2D eigenvalue weighted by Crippen LogP contribution is 2.27. The number of aryl methyl sites for hydroxylation is 1. The molecule has 0 spiro atoms. The lowest BCUT2D eigenvalue weighted by molar-refractivity contribution is -0.0142. The Morgan fingerprint density at radius 1 is 1.44 bits per heavy atom. The van der Waals surface area contributed by atoms with Crippen molar-refractivity contribution in [1.29, 1.82) is 0 Å². The molecular weight excluding hydrogens is 347 g/mol. The fourth-order valence-electron chi connectivity index (χ4n) is 3.76. The van der Waals surface area contributed by atoms with Gasteiger partial charge in [0.25, 0.3) is 0 Å². The lowest BCUT2D eigenvalue weighted by atomic mass is 9.97. The number of hydrogen-bond donors (Lipinski definition) is 1. The Morgan fingerprint density at radius 3 is 2.96 bits per heavy atom. The van der Waals surface area contributed by atoms with Crippen molar-refractivity contribution in [2.24, 2.45) is 15.7 Å². The van der Waals surface area contributed by atoms with Gasteiger partial charge in [0.1, 0.15) is 0 Å². The normalized spacial score (nSPS) is 25.1. The molecule has 2 aliphatic rings. The minimum atomic E-state index is -0.486. The third-order valence-electron chi connectivity index (χ3n) is 5.38. The third kappa shape index (κ3) is 5.09. The van der Waals surface area contributed by atoms with Crippen LogP contribution in [0.15, 0.2) is 28.2 Å². The van der Waals surface area contributed by atoms with Gasteiger partial charge in [0, 0.05) is 24.8 Å². The maximum Gasteiger partial charge on any atom is 0.159 e. The van der Waals surface area contributed by atoms with Gasteiger partial charge in [-0.25, -0.2) is 4.39 Å². The van der Waals surface area contributed by atoms with Gasteiger partial charge >= 0.3 is 0 Å². The summed E-state index contributed by atoms with van der Waals surface area (Å²) in [5.41, 5.74) is 8.85. The standard InChI is InChI=1S/C19H29FN6O/c1-14-9-24-26-18(14)4-3-17(21)19(26)12-27-16-5-7-25(8-6-16)13-23-11-15(20)10-22-2/h9-11,16-17,19H,2-8,12-13,21H2,1H3/b15-10+,23-11-. The topological polar surface area (TPSA) is 81.0 Å². The van der Waals surface area contributed by atoms with Crippen molar-refractivity contribution in [2.75, 3.05) is 26.4 Å². The monoisotopic (exact) mass is 376 g/mol. The van der Waals surface area contributed by atoms with Crippen LogP contribution in [-0.4, -0.2) is 66.1 Å². The third-order valence-corrected chi connectivity index (χ3v) is 5.38. The highest BCUT2D eigenvalue weighted by Gasteiger charge is 2.30. The molecule has 7 nitrogen and oxygen atoms in total. The summed E-state index contributed by atoms with van der Waals surface area (Å²) in [5.74, 6) is -0.486. The molecule has 3 heterocycles. The molecule has 2 atom stereocenters. The summed E-state index contributed by atoms with van der Waals surface area (Å²) in [6.45, 7) is 8.16. The smallest absolute Gasteiger partial charge is 0.159 e. The number of halogens is 1. The molecule has 0 aromatic carbocycles. The second kappa shape index (κ2) is 9.34. The fourth-order valence-corrected chi connectivity index (χ4v) is 3.76. The van der Waals surface area contributed by atoms with Crippen molar-refractivity contribution >= 4 is 12.9 Å². The van der Waals surface area contributed by atoms with Gasteiger partial charge in [0.05, 0.1) is 44.0 Å². The Labute approximate surface area is 159 Å². The summed E-state index contributed by atoms with van der Waals surface area (Å²) in [6, 6.07) is 0.192. The van der Waals surface area contributed by atoms with Crippen molar-refractivity contribution in [3.05, 3.63) is 29.5 Å². The van der Waals surface area contributed by atoms with Gasteiger partial charge in [-0.1, -0.05) is 0 Å². The van der Waals surface area contributed by atoms with Crippen LogP contribution < -0.4 is 5.73 Å². The molecule has 0 bridgehead atoms. The van der Waals surface area contributed by atoms with E-state index in [1.807, 2.05) is 6.20 Å². The molecule has 0 aliphatic carbocycles. The van der Waals surface area contributed by atoms with E-state index >= 15 is 0 Å². The van der Waals surface area contributed by atoms with Crippen molar-refractivity contribution in [1.82, 2.24) is 14.7 Å². The van der Waals surface area contributed by atoms with Gasteiger partial charge < -0.3 is 10.5 Å². The number of piperidine rings is 1. The van der Waals surface area contributed by atoms with Gasteiger partial charge in [0.2, 0.25) is 0 Å². The Balaban J connectivity index is 1.43. The van der Waals surface area contributed by atoms with Crippen LogP contribution in [0.1, 0.15) is 36.6 Å². The Kier molecular flexibility index (Phi) is 6.87. The molecule has 1 saturated heterocycles. The molecule has 0 radical (unpaired) electrons. The van der Waals surface area contributed by atoms with E-state index in [-0.39, 0.29) is 18.2 Å². The first-order chi connectivity index (χ1) is 13.1. The molecule has 148 valence electrons. The molecule has 27 heavy (non-hydrogen) atoms. The summed E-state index contributed by atoms with van der Waals surface area (Å²) in [6.07, 6.45) is 8.22. The molecule has 3 rings (SSSR count). The molecule has 0 amide bonds. The largest absolute Gasteiger partial charge is 0.376 e. The second-order valence-electron chi connectivity index (χ2n) is 7.29. The number of fused-ring (bicyclic) bond motifs is 1. The average molecular weight is 376 g/mol. The SMILES string of the molecule is C=N/C=C(F)\C=N/CN1CCC(OCC2C(N)CCc3c(C)cnn32)CC1. The number of allylic oxidation sites excluding steroid dienone is 1. The minimum Gasteiger partial charge on any atom is -0.376 e. The number of aromatic nitrogens is 2. The van der Waals surface area contributed by atoms with E-state index in [1.165, 1.54) is 17.5 Å². The van der Waals surface area contributed by atoms with Crippen LogP contribution in [0.25, 0.3) is 0 Å². The number of aliphatic imine (C=N–C) groups is 2. The highest BCUT2D eigenvalue weighted by atomic mass is 19.1. The number of rotatable bonds is 7. The summed E-state index contributed by atoms with van der Waals surface area (Å²) in [4.78, 5) is 9.65. The van der Waals surface area contributed by atoms with Crippen LogP contribution in [0.5, 0.6) is 0 Å².